The molecule has 4 heteroatoms. The van der Waals surface area contributed by atoms with Crippen molar-refractivity contribution in [1.82, 2.24) is 10.4 Å². The molecule has 1 aromatic carbocycles. The first-order valence-corrected chi connectivity index (χ1v) is 4.82. The summed E-state index contributed by atoms with van der Waals surface area (Å²) in [4.78, 5) is 15.2. The van der Waals surface area contributed by atoms with Crippen molar-refractivity contribution in [2.24, 2.45) is 5.84 Å². The lowest BCUT2D eigenvalue weighted by Gasteiger charge is -2.03. The minimum absolute atomic E-state index is 0.290. The highest BCUT2D eigenvalue weighted by molar-refractivity contribution is 5.94. The van der Waals surface area contributed by atoms with Crippen LogP contribution in [0.4, 0.5) is 0 Å². The molecule has 0 aliphatic heterocycles. The van der Waals surface area contributed by atoms with Crippen molar-refractivity contribution in [3.8, 4) is 11.1 Å². The second kappa shape index (κ2) is 4.55. The average molecular weight is 213 g/mol. The summed E-state index contributed by atoms with van der Waals surface area (Å²) in [7, 11) is 0. The average Bonchev–Trinajstić information content (AvgIpc) is 2.39. The van der Waals surface area contributed by atoms with Crippen LogP contribution in [0.3, 0.4) is 0 Å². The maximum atomic E-state index is 11.2. The monoisotopic (exact) mass is 213 g/mol. The maximum Gasteiger partial charge on any atom is 0.265 e. The Bertz CT molecular complexity index is 479. The van der Waals surface area contributed by atoms with Gasteiger partial charge in [0.05, 0.1) is 0 Å². The molecule has 0 aliphatic rings. The Balaban J connectivity index is 2.30. The molecule has 0 saturated carbocycles. The highest BCUT2D eigenvalue weighted by Crippen LogP contribution is 2.18. The van der Waals surface area contributed by atoms with Crippen LogP contribution < -0.4 is 11.3 Å². The van der Waals surface area contributed by atoms with Gasteiger partial charge in [-0.3, -0.25) is 15.2 Å². The predicted octanol–water partition coefficient (Wildman–Crippen LogP) is 1.35. The molecule has 3 N–H and O–H groups in total. The van der Waals surface area contributed by atoms with Crippen LogP contribution in [-0.2, 0) is 0 Å². The molecule has 4 nitrogen and oxygen atoms in total. The third-order valence-corrected chi connectivity index (χ3v) is 2.29. The largest absolute Gasteiger partial charge is 0.290 e. The Morgan fingerprint density at radius 1 is 1.00 bits per heavy atom. The zero-order valence-electron chi connectivity index (χ0n) is 8.55. The highest BCUT2D eigenvalue weighted by atomic mass is 16.2. The molecule has 0 bridgehead atoms. The zero-order valence-corrected chi connectivity index (χ0v) is 8.55. The lowest BCUT2D eigenvalue weighted by atomic mass is 10.1. The molecule has 0 aliphatic carbocycles. The number of hydrazine groups is 1. The van der Waals surface area contributed by atoms with E-state index in [1.807, 2.05) is 24.3 Å². The van der Waals surface area contributed by atoms with Gasteiger partial charge in [-0.15, -0.1) is 0 Å². The van der Waals surface area contributed by atoms with E-state index < -0.39 is 0 Å². The van der Waals surface area contributed by atoms with Crippen LogP contribution in [0.2, 0.25) is 0 Å². The number of nitrogen functional groups attached to an aromatic ring is 1. The minimum Gasteiger partial charge on any atom is -0.290 e. The van der Waals surface area contributed by atoms with Crippen LogP contribution in [0.5, 0.6) is 0 Å². The van der Waals surface area contributed by atoms with Gasteiger partial charge < -0.3 is 0 Å². The van der Waals surface area contributed by atoms with Crippen molar-refractivity contribution < 1.29 is 4.79 Å². The van der Waals surface area contributed by atoms with Gasteiger partial charge in [-0.1, -0.05) is 12.1 Å². The van der Waals surface area contributed by atoms with Crippen molar-refractivity contribution in [2.45, 2.75) is 0 Å². The number of pyridine rings is 1. The molecule has 0 saturated heterocycles. The summed E-state index contributed by atoms with van der Waals surface area (Å²) < 4.78 is 0. The Kier molecular flexibility index (Phi) is 2.93. The van der Waals surface area contributed by atoms with E-state index >= 15 is 0 Å². The van der Waals surface area contributed by atoms with E-state index in [2.05, 4.69) is 10.4 Å². The molecule has 1 heterocycles. The third-order valence-electron chi connectivity index (χ3n) is 2.29. The molecular weight excluding hydrogens is 202 g/mol. The predicted molar refractivity (Wildman–Crippen MR) is 61.3 cm³/mol. The van der Waals surface area contributed by atoms with E-state index in [4.69, 9.17) is 5.84 Å². The van der Waals surface area contributed by atoms with Gasteiger partial charge in [-0.05, 0) is 35.4 Å². The van der Waals surface area contributed by atoms with Crippen LogP contribution in [0.15, 0.2) is 48.8 Å². The fourth-order valence-electron chi connectivity index (χ4n) is 1.44. The van der Waals surface area contributed by atoms with Crippen LogP contribution in [-0.4, -0.2) is 10.9 Å². The minimum atomic E-state index is -0.290. The van der Waals surface area contributed by atoms with Crippen LogP contribution >= 0.6 is 0 Å². The van der Waals surface area contributed by atoms with Gasteiger partial charge in [-0.2, -0.15) is 0 Å². The van der Waals surface area contributed by atoms with Crippen molar-refractivity contribution in [1.29, 1.82) is 0 Å². The lowest BCUT2D eigenvalue weighted by Crippen LogP contribution is -2.29. The first kappa shape index (κ1) is 10.3. The molecule has 1 aromatic heterocycles. The second-order valence-corrected chi connectivity index (χ2v) is 3.29. The SMILES string of the molecule is NNC(=O)c1ccc(-c2ccncc2)cc1. The lowest BCUT2D eigenvalue weighted by molar-refractivity contribution is 0.0953. The Morgan fingerprint density at radius 2 is 1.56 bits per heavy atom. The summed E-state index contributed by atoms with van der Waals surface area (Å²) in [6.07, 6.45) is 3.46. The summed E-state index contributed by atoms with van der Waals surface area (Å²) in [5.74, 6) is 4.75. The molecule has 0 spiro atoms. The summed E-state index contributed by atoms with van der Waals surface area (Å²) >= 11 is 0. The number of benzene rings is 1. The van der Waals surface area contributed by atoms with Gasteiger partial charge in [0, 0.05) is 18.0 Å². The quantitative estimate of drug-likeness (QED) is 0.449. The van der Waals surface area contributed by atoms with Crippen molar-refractivity contribution in [3.05, 3.63) is 54.4 Å². The van der Waals surface area contributed by atoms with Gasteiger partial charge in [0.2, 0.25) is 0 Å². The Hall–Kier alpha value is -2.20. The van der Waals surface area contributed by atoms with Crippen molar-refractivity contribution in [2.75, 3.05) is 0 Å². The van der Waals surface area contributed by atoms with E-state index in [0.29, 0.717) is 5.56 Å². The van der Waals surface area contributed by atoms with Gasteiger partial charge in [0.25, 0.3) is 5.91 Å². The number of nitrogens with one attached hydrogen (secondary N) is 1. The first-order valence-electron chi connectivity index (χ1n) is 4.82. The number of hydrogen-bond donors (Lipinski definition) is 2. The van der Waals surface area contributed by atoms with E-state index in [9.17, 15) is 4.79 Å². The zero-order chi connectivity index (χ0) is 11.4. The molecular formula is C12H11N3O. The Morgan fingerprint density at radius 3 is 2.12 bits per heavy atom. The molecule has 0 fully saturated rings. The fourth-order valence-corrected chi connectivity index (χ4v) is 1.44. The van der Waals surface area contributed by atoms with Crippen LogP contribution in [0.25, 0.3) is 11.1 Å². The standard InChI is InChI=1S/C12H11N3O/c13-15-12(16)11-3-1-9(2-4-11)10-5-7-14-8-6-10/h1-8H,13H2,(H,15,16). The third kappa shape index (κ3) is 2.07. The van der Waals surface area contributed by atoms with Gasteiger partial charge >= 0.3 is 0 Å². The molecule has 0 unspecified atom stereocenters. The highest BCUT2D eigenvalue weighted by Gasteiger charge is 2.03. The number of carbonyl (C=O) groups excluding carboxylic acids is 1. The van der Waals surface area contributed by atoms with Crippen molar-refractivity contribution >= 4 is 5.91 Å². The number of nitrogens with zero attached hydrogens (tertiary/aromatic N) is 1. The van der Waals surface area contributed by atoms with Crippen LogP contribution in [0, 0.1) is 0 Å². The van der Waals surface area contributed by atoms with E-state index in [1.54, 1.807) is 24.5 Å². The van der Waals surface area contributed by atoms with Crippen LogP contribution in [0.1, 0.15) is 10.4 Å². The van der Waals surface area contributed by atoms with Gasteiger partial charge in [-0.25, -0.2) is 5.84 Å². The summed E-state index contributed by atoms with van der Waals surface area (Å²) in [6.45, 7) is 0. The molecule has 16 heavy (non-hydrogen) atoms. The number of rotatable bonds is 2. The van der Waals surface area contributed by atoms with Crippen molar-refractivity contribution in [3.63, 3.8) is 0 Å². The maximum absolute atomic E-state index is 11.2. The molecule has 2 aromatic rings. The fraction of sp³-hybridized carbons (Fsp3) is 0. The molecule has 2 rings (SSSR count). The molecule has 1 amide bonds. The van der Waals surface area contributed by atoms with E-state index in [1.165, 1.54) is 0 Å². The Labute approximate surface area is 93.1 Å². The molecule has 0 atom stereocenters. The molecule has 80 valence electrons. The number of carbonyl (C=O) groups is 1. The number of aromatic nitrogens is 1. The number of amides is 1. The number of hydrogen-bond acceptors (Lipinski definition) is 3. The van der Waals surface area contributed by atoms with Gasteiger partial charge in [0.15, 0.2) is 0 Å². The smallest absolute Gasteiger partial charge is 0.265 e. The summed E-state index contributed by atoms with van der Waals surface area (Å²) in [6, 6.07) is 11.0. The van der Waals surface area contributed by atoms with E-state index in [0.717, 1.165) is 11.1 Å². The van der Waals surface area contributed by atoms with Gasteiger partial charge in [0.1, 0.15) is 0 Å². The first-order chi connectivity index (χ1) is 7.81. The van der Waals surface area contributed by atoms with E-state index in [-0.39, 0.29) is 5.91 Å². The summed E-state index contributed by atoms with van der Waals surface area (Å²) in [5, 5.41) is 0. The molecule has 0 radical (unpaired) electrons. The second-order valence-electron chi connectivity index (χ2n) is 3.29. The normalized spacial score (nSPS) is 9.81. The topological polar surface area (TPSA) is 68.0 Å². The summed E-state index contributed by atoms with van der Waals surface area (Å²) in [5.41, 5.74) is 4.74. The number of nitrogens with two attached hydrogens (primary N) is 1.